The smallest absolute Gasteiger partial charge is 0.335 e. The number of carboxylic acid groups (broad SMARTS) is 1. The minimum Gasteiger partial charge on any atom is -0.489 e. The Labute approximate surface area is 178 Å². The standard InChI is InChI=1S/C22H27NO8/c24-15-16(25)18(26)22(29,31-17(15)20(27)28)11-5-4-10-12-8-9-2-1-3-13-14(9)21(10,6-7-23-12)19(11)30-13/h1-3,10-12,15-19,23-26,29H,4-8H2,(H,27,28)/t10-,11?,12+,15-,16-,17-,18+,19?,21-,22-/m0/s1. The molecule has 0 radical (unpaired) electrons. The van der Waals surface area contributed by atoms with Crippen molar-refractivity contribution < 1.29 is 39.8 Å². The van der Waals surface area contributed by atoms with Crippen LogP contribution in [-0.2, 0) is 21.4 Å². The van der Waals surface area contributed by atoms with Gasteiger partial charge >= 0.3 is 5.97 Å². The van der Waals surface area contributed by atoms with E-state index >= 15 is 0 Å². The van der Waals surface area contributed by atoms with E-state index < -0.39 is 48.2 Å². The number of piperidine rings is 1. The molecule has 1 aromatic carbocycles. The van der Waals surface area contributed by atoms with Crippen LogP contribution in [0.25, 0.3) is 0 Å². The third-order valence-electron chi connectivity index (χ3n) is 8.52. The summed E-state index contributed by atoms with van der Waals surface area (Å²) in [5, 5.41) is 55.9. The highest BCUT2D eigenvalue weighted by Gasteiger charge is 2.70. The van der Waals surface area contributed by atoms with Crippen LogP contribution >= 0.6 is 0 Å². The molecule has 6 rings (SSSR count). The van der Waals surface area contributed by atoms with E-state index in [4.69, 9.17) is 9.47 Å². The lowest BCUT2D eigenvalue weighted by Crippen LogP contribution is -2.74. The molecule has 3 heterocycles. The topological polar surface area (TPSA) is 149 Å². The highest BCUT2D eigenvalue weighted by Crippen LogP contribution is 2.63. The number of aliphatic hydroxyl groups is 4. The van der Waals surface area contributed by atoms with Crippen molar-refractivity contribution in [2.45, 2.75) is 73.4 Å². The molecule has 10 atom stereocenters. The van der Waals surface area contributed by atoms with Crippen LogP contribution in [0.1, 0.15) is 30.4 Å². The molecule has 2 unspecified atom stereocenters. The fourth-order valence-corrected chi connectivity index (χ4v) is 7.31. The molecule has 6 N–H and O–H groups in total. The van der Waals surface area contributed by atoms with Gasteiger partial charge in [-0.1, -0.05) is 12.1 Å². The van der Waals surface area contributed by atoms with Gasteiger partial charge in [0.25, 0.3) is 0 Å². The summed E-state index contributed by atoms with van der Waals surface area (Å²) in [7, 11) is 0. The molecule has 1 aromatic rings. The molecule has 9 nitrogen and oxygen atoms in total. The van der Waals surface area contributed by atoms with Crippen molar-refractivity contribution in [3.8, 4) is 5.75 Å². The SMILES string of the molecule is O=C(O)[C@H]1O[C@@](O)(C2CC[C@H]3[C@H]4Cc5cccc6c5[C@@]3(CCN4)C2O6)[C@H](O)[C@@H](O)[C@@H]1O. The lowest BCUT2D eigenvalue weighted by Gasteiger charge is -2.60. The van der Waals surface area contributed by atoms with Gasteiger partial charge in [0.05, 0.1) is 5.92 Å². The predicted molar refractivity (Wildman–Crippen MR) is 104 cm³/mol. The van der Waals surface area contributed by atoms with Crippen molar-refractivity contribution in [1.82, 2.24) is 5.32 Å². The summed E-state index contributed by atoms with van der Waals surface area (Å²) in [6.45, 7) is 0.794. The zero-order valence-corrected chi connectivity index (χ0v) is 16.8. The molecule has 9 heteroatoms. The zero-order chi connectivity index (χ0) is 21.7. The molecule has 31 heavy (non-hydrogen) atoms. The maximum absolute atomic E-state index is 11.6. The molecular weight excluding hydrogens is 406 g/mol. The molecule has 168 valence electrons. The summed E-state index contributed by atoms with van der Waals surface area (Å²) in [4.78, 5) is 11.6. The Morgan fingerprint density at radius 3 is 2.68 bits per heavy atom. The van der Waals surface area contributed by atoms with Gasteiger partial charge in [-0.15, -0.1) is 0 Å². The number of hydrogen-bond donors (Lipinski definition) is 6. The number of carboxylic acids is 1. The van der Waals surface area contributed by atoms with Crippen molar-refractivity contribution >= 4 is 5.97 Å². The number of nitrogens with one attached hydrogen (secondary N) is 1. The van der Waals surface area contributed by atoms with Gasteiger partial charge in [0, 0.05) is 17.0 Å². The molecule has 1 spiro atoms. The van der Waals surface area contributed by atoms with Crippen LogP contribution in [-0.4, -0.2) is 80.4 Å². The number of rotatable bonds is 2. The number of benzene rings is 1. The second-order valence-corrected chi connectivity index (χ2v) is 9.73. The minimum absolute atomic E-state index is 0.285. The molecular formula is C22H27NO8. The van der Waals surface area contributed by atoms with Gasteiger partial charge in [-0.25, -0.2) is 4.79 Å². The van der Waals surface area contributed by atoms with Crippen molar-refractivity contribution in [1.29, 1.82) is 0 Å². The highest BCUT2D eigenvalue weighted by molar-refractivity contribution is 5.73. The van der Waals surface area contributed by atoms with Gasteiger partial charge in [0.15, 0.2) is 6.10 Å². The maximum Gasteiger partial charge on any atom is 0.335 e. The molecule has 0 aromatic heterocycles. The molecule has 3 fully saturated rings. The van der Waals surface area contributed by atoms with Gasteiger partial charge in [-0.3, -0.25) is 0 Å². The van der Waals surface area contributed by atoms with E-state index in [0.29, 0.717) is 6.42 Å². The van der Waals surface area contributed by atoms with Crippen LogP contribution in [0.5, 0.6) is 5.75 Å². The number of hydrogen-bond acceptors (Lipinski definition) is 8. The average Bonchev–Trinajstić information content (AvgIpc) is 3.07. The largest absolute Gasteiger partial charge is 0.489 e. The Kier molecular flexibility index (Phi) is 4.11. The Morgan fingerprint density at radius 1 is 1.13 bits per heavy atom. The Bertz CT molecular complexity index is 940. The summed E-state index contributed by atoms with van der Waals surface area (Å²) in [6, 6.07) is 6.26. The van der Waals surface area contributed by atoms with E-state index in [9.17, 15) is 30.3 Å². The quantitative estimate of drug-likeness (QED) is 0.341. The Hall–Kier alpha value is -1.75. The second kappa shape index (κ2) is 6.40. The first-order valence-corrected chi connectivity index (χ1v) is 11.0. The number of aliphatic carboxylic acids is 1. The second-order valence-electron chi connectivity index (χ2n) is 9.73. The van der Waals surface area contributed by atoms with Gasteiger partial charge < -0.3 is 40.3 Å². The van der Waals surface area contributed by atoms with E-state index in [0.717, 1.165) is 37.1 Å². The average molecular weight is 433 g/mol. The summed E-state index contributed by atoms with van der Waals surface area (Å²) < 4.78 is 11.9. The van der Waals surface area contributed by atoms with Gasteiger partial charge in [0.1, 0.15) is 30.2 Å². The maximum atomic E-state index is 11.6. The highest BCUT2D eigenvalue weighted by atomic mass is 16.7. The number of carbonyl (C=O) groups is 1. The summed E-state index contributed by atoms with van der Waals surface area (Å²) in [6.07, 6.45) is -5.11. The van der Waals surface area contributed by atoms with Crippen LogP contribution in [0.3, 0.4) is 0 Å². The first-order valence-electron chi connectivity index (χ1n) is 11.0. The van der Waals surface area contributed by atoms with Crippen LogP contribution in [0.4, 0.5) is 0 Å². The lowest BCUT2D eigenvalue weighted by atomic mass is 9.49. The zero-order valence-electron chi connectivity index (χ0n) is 16.8. The first kappa shape index (κ1) is 19.9. The van der Waals surface area contributed by atoms with Crippen LogP contribution in [0, 0.1) is 11.8 Å². The number of aliphatic hydroxyl groups excluding tert-OH is 3. The van der Waals surface area contributed by atoms with Crippen molar-refractivity contribution in [2.24, 2.45) is 11.8 Å². The van der Waals surface area contributed by atoms with Gasteiger partial charge in [-0.2, -0.15) is 0 Å². The van der Waals surface area contributed by atoms with E-state index in [-0.39, 0.29) is 17.4 Å². The molecule has 2 bridgehead atoms. The van der Waals surface area contributed by atoms with Gasteiger partial charge in [0.2, 0.25) is 5.79 Å². The van der Waals surface area contributed by atoms with E-state index in [1.54, 1.807) is 0 Å². The summed E-state index contributed by atoms with van der Waals surface area (Å²) >= 11 is 0. The van der Waals surface area contributed by atoms with Crippen LogP contribution in [0.2, 0.25) is 0 Å². The van der Waals surface area contributed by atoms with E-state index in [1.807, 2.05) is 12.1 Å². The van der Waals surface area contributed by atoms with Crippen molar-refractivity contribution in [3.63, 3.8) is 0 Å². The fraction of sp³-hybridized carbons (Fsp3) is 0.682. The molecule has 2 saturated heterocycles. The molecule has 0 amide bonds. The Morgan fingerprint density at radius 2 is 1.90 bits per heavy atom. The van der Waals surface area contributed by atoms with Crippen molar-refractivity contribution in [2.75, 3.05) is 6.54 Å². The third kappa shape index (κ3) is 2.34. The Balaban J connectivity index is 1.46. The van der Waals surface area contributed by atoms with Crippen LogP contribution < -0.4 is 10.1 Å². The normalized spacial score (nSPS) is 49.8. The third-order valence-corrected chi connectivity index (χ3v) is 8.52. The first-order chi connectivity index (χ1) is 14.8. The lowest BCUT2D eigenvalue weighted by molar-refractivity contribution is -0.372. The van der Waals surface area contributed by atoms with Crippen molar-refractivity contribution in [3.05, 3.63) is 29.3 Å². The monoisotopic (exact) mass is 433 g/mol. The fourth-order valence-electron chi connectivity index (χ4n) is 7.31. The molecule has 5 aliphatic rings. The van der Waals surface area contributed by atoms with E-state index in [1.165, 1.54) is 5.56 Å². The molecule has 2 aliphatic carbocycles. The summed E-state index contributed by atoms with van der Waals surface area (Å²) in [5.41, 5.74) is 2.00. The molecule has 3 aliphatic heterocycles. The van der Waals surface area contributed by atoms with E-state index in [2.05, 4.69) is 11.4 Å². The number of ether oxygens (including phenoxy) is 2. The van der Waals surface area contributed by atoms with Crippen LogP contribution in [0.15, 0.2) is 18.2 Å². The minimum atomic E-state index is -2.37. The molecule has 1 saturated carbocycles. The van der Waals surface area contributed by atoms with Gasteiger partial charge in [-0.05, 0) is 49.8 Å². The summed E-state index contributed by atoms with van der Waals surface area (Å²) in [5.74, 6) is -3.61. The predicted octanol–water partition coefficient (Wildman–Crippen LogP) is -1.12.